The van der Waals surface area contributed by atoms with Crippen LogP contribution in [0.25, 0.3) is 5.69 Å². The molecular formula is C21H20N4O5. The Balaban J connectivity index is 1.62. The Labute approximate surface area is 172 Å². The van der Waals surface area contributed by atoms with Crippen LogP contribution >= 0.6 is 0 Å². The fourth-order valence-electron chi connectivity index (χ4n) is 2.78. The standard InChI is InChI=1S/C21H20N4O5/c1-13-19(14(2)25(24-13)16-7-5-4-6-8-16)23-18(26)12-30-21(28)17-10-9-15(11-22-17)20(27)29-3/h4-11H,12H2,1-3H3,(H,23,26). The van der Waals surface area contributed by atoms with Gasteiger partial charge in [0.1, 0.15) is 5.69 Å². The van der Waals surface area contributed by atoms with Crippen molar-refractivity contribution in [3.05, 3.63) is 71.3 Å². The molecule has 1 amide bonds. The number of carbonyl (C=O) groups is 3. The van der Waals surface area contributed by atoms with Gasteiger partial charge in [0.25, 0.3) is 5.91 Å². The highest BCUT2D eigenvalue weighted by atomic mass is 16.5. The van der Waals surface area contributed by atoms with E-state index in [-0.39, 0.29) is 11.3 Å². The van der Waals surface area contributed by atoms with Crippen molar-refractivity contribution in [1.29, 1.82) is 0 Å². The number of hydrogen-bond donors (Lipinski definition) is 1. The first kappa shape index (κ1) is 20.7. The summed E-state index contributed by atoms with van der Waals surface area (Å²) in [5.41, 5.74) is 2.98. The van der Waals surface area contributed by atoms with Gasteiger partial charge in [-0.1, -0.05) is 18.2 Å². The van der Waals surface area contributed by atoms with Gasteiger partial charge in [-0.05, 0) is 38.1 Å². The van der Waals surface area contributed by atoms with Crippen LogP contribution in [0.15, 0.2) is 48.7 Å². The van der Waals surface area contributed by atoms with Gasteiger partial charge in [0, 0.05) is 6.20 Å². The lowest BCUT2D eigenvalue weighted by Crippen LogP contribution is -2.22. The topological polar surface area (TPSA) is 112 Å². The minimum atomic E-state index is -0.782. The number of para-hydroxylation sites is 1. The Hall–Kier alpha value is -4.01. The largest absolute Gasteiger partial charge is 0.465 e. The van der Waals surface area contributed by atoms with Crippen molar-refractivity contribution in [3.63, 3.8) is 0 Å². The third-order valence-electron chi connectivity index (χ3n) is 4.28. The molecule has 1 N–H and O–H groups in total. The molecule has 2 heterocycles. The van der Waals surface area contributed by atoms with Crippen molar-refractivity contribution in [2.75, 3.05) is 19.0 Å². The number of nitrogens with zero attached hydrogens (tertiary/aromatic N) is 3. The molecule has 9 nitrogen and oxygen atoms in total. The van der Waals surface area contributed by atoms with Gasteiger partial charge in [-0.15, -0.1) is 0 Å². The number of nitrogens with one attached hydrogen (secondary N) is 1. The number of methoxy groups -OCH3 is 1. The zero-order valence-electron chi connectivity index (χ0n) is 16.7. The molecule has 0 spiro atoms. The smallest absolute Gasteiger partial charge is 0.357 e. The first-order chi connectivity index (χ1) is 14.4. The molecule has 0 saturated heterocycles. The third kappa shape index (κ3) is 4.52. The lowest BCUT2D eigenvalue weighted by atomic mass is 10.2. The maximum absolute atomic E-state index is 12.3. The molecule has 154 valence electrons. The van der Waals surface area contributed by atoms with Crippen molar-refractivity contribution in [1.82, 2.24) is 14.8 Å². The van der Waals surface area contributed by atoms with Gasteiger partial charge in [-0.25, -0.2) is 19.3 Å². The molecule has 30 heavy (non-hydrogen) atoms. The zero-order valence-corrected chi connectivity index (χ0v) is 16.7. The van der Waals surface area contributed by atoms with Gasteiger partial charge < -0.3 is 14.8 Å². The second kappa shape index (κ2) is 8.99. The molecule has 0 aliphatic heterocycles. The Kier molecular flexibility index (Phi) is 6.21. The van der Waals surface area contributed by atoms with Gasteiger partial charge >= 0.3 is 11.9 Å². The minimum Gasteiger partial charge on any atom is -0.465 e. The summed E-state index contributed by atoms with van der Waals surface area (Å²) in [6, 6.07) is 12.2. The summed E-state index contributed by atoms with van der Waals surface area (Å²) in [7, 11) is 1.25. The first-order valence-electron chi connectivity index (χ1n) is 9.03. The number of aryl methyl sites for hydroxylation is 1. The van der Waals surface area contributed by atoms with Crippen LogP contribution in [0, 0.1) is 13.8 Å². The molecular weight excluding hydrogens is 388 g/mol. The molecule has 0 radical (unpaired) electrons. The Morgan fingerprint density at radius 1 is 1.03 bits per heavy atom. The Morgan fingerprint density at radius 3 is 2.40 bits per heavy atom. The molecule has 0 atom stereocenters. The molecule has 0 unspecified atom stereocenters. The number of benzene rings is 1. The van der Waals surface area contributed by atoms with Crippen LogP contribution in [0.2, 0.25) is 0 Å². The zero-order chi connectivity index (χ0) is 21.7. The molecule has 2 aromatic heterocycles. The maximum Gasteiger partial charge on any atom is 0.357 e. The summed E-state index contributed by atoms with van der Waals surface area (Å²) in [5.74, 6) is -1.85. The number of aromatic nitrogens is 3. The number of ether oxygens (including phenoxy) is 2. The van der Waals surface area contributed by atoms with Crippen LogP contribution in [-0.4, -0.2) is 46.3 Å². The number of rotatable bonds is 6. The highest BCUT2D eigenvalue weighted by molar-refractivity contribution is 5.96. The monoisotopic (exact) mass is 408 g/mol. The predicted octanol–water partition coefficient (Wildman–Crippen LogP) is 2.47. The number of esters is 2. The average molecular weight is 408 g/mol. The Bertz CT molecular complexity index is 1070. The second-order valence-corrected chi connectivity index (χ2v) is 6.34. The lowest BCUT2D eigenvalue weighted by molar-refractivity contribution is -0.119. The van der Waals surface area contributed by atoms with Gasteiger partial charge in [-0.3, -0.25) is 4.79 Å². The van der Waals surface area contributed by atoms with Gasteiger partial charge in [0.2, 0.25) is 0 Å². The van der Waals surface area contributed by atoms with Crippen LogP contribution in [0.5, 0.6) is 0 Å². The lowest BCUT2D eigenvalue weighted by Gasteiger charge is -2.08. The van der Waals surface area contributed by atoms with E-state index in [1.54, 1.807) is 11.6 Å². The molecule has 9 heteroatoms. The van der Waals surface area contributed by atoms with Crippen molar-refractivity contribution < 1.29 is 23.9 Å². The number of hydrogen-bond acceptors (Lipinski definition) is 7. The van der Waals surface area contributed by atoms with E-state index in [0.29, 0.717) is 11.4 Å². The van der Waals surface area contributed by atoms with Crippen molar-refractivity contribution >= 4 is 23.5 Å². The van der Waals surface area contributed by atoms with Gasteiger partial charge in [0.05, 0.1) is 35.4 Å². The molecule has 0 fully saturated rings. The van der Waals surface area contributed by atoms with E-state index in [2.05, 4.69) is 20.1 Å². The molecule has 3 rings (SSSR count). The van der Waals surface area contributed by atoms with Crippen LogP contribution in [0.4, 0.5) is 5.69 Å². The van der Waals surface area contributed by atoms with E-state index in [4.69, 9.17) is 4.74 Å². The molecule has 0 saturated carbocycles. The van der Waals surface area contributed by atoms with E-state index in [9.17, 15) is 14.4 Å². The summed E-state index contributed by atoms with van der Waals surface area (Å²) in [4.78, 5) is 39.6. The third-order valence-corrected chi connectivity index (χ3v) is 4.28. The molecule has 1 aromatic carbocycles. The van der Waals surface area contributed by atoms with Crippen molar-refractivity contribution in [3.8, 4) is 5.69 Å². The Morgan fingerprint density at radius 2 is 1.77 bits per heavy atom. The summed E-state index contributed by atoms with van der Waals surface area (Å²) >= 11 is 0. The summed E-state index contributed by atoms with van der Waals surface area (Å²) in [6.45, 7) is 3.12. The number of amides is 1. The maximum atomic E-state index is 12.3. The summed E-state index contributed by atoms with van der Waals surface area (Å²) in [6.07, 6.45) is 1.20. The fourth-order valence-corrected chi connectivity index (χ4v) is 2.78. The van der Waals surface area contributed by atoms with E-state index < -0.39 is 24.5 Å². The predicted molar refractivity (Wildman–Crippen MR) is 108 cm³/mol. The van der Waals surface area contributed by atoms with Gasteiger partial charge in [-0.2, -0.15) is 5.10 Å². The van der Waals surface area contributed by atoms with Gasteiger partial charge in [0.15, 0.2) is 6.61 Å². The fraction of sp³-hybridized carbons (Fsp3) is 0.190. The van der Waals surface area contributed by atoms with Crippen LogP contribution < -0.4 is 5.32 Å². The van der Waals surface area contributed by atoms with E-state index in [1.165, 1.54) is 25.4 Å². The van der Waals surface area contributed by atoms with E-state index >= 15 is 0 Å². The quantitative estimate of drug-likeness (QED) is 0.624. The minimum absolute atomic E-state index is 0.0280. The van der Waals surface area contributed by atoms with Crippen LogP contribution in [-0.2, 0) is 14.3 Å². The molecule has 3 aromatic rings. The highest BCUT2D eigenvalue weighted by Gasteiger charge is 2.17. The van der Waals surface area contributed by atoms with Crippen molar-refractivity contribution in [2.24, 2.45) is 0 Å². The second-order valence-electron chi connectivity index (χ2n) is 6.34. The van der Waals surface area contributed by atoms with E-state index in [1.807, 2.05) is 37.3 Å². The number of pyridine rings is 1. The van der Waals surface area contributed by atoms with E-state index in [0.717, 1.165) is 11.4 Å². The molecule has 0 bridgehead atoms. The molecule has 0 aliphatic rings. The SMILES string of the molecule is COC(=O)c1ccc(C(=O)OCC(=O)Nc2c(C)nn(-c3ccccc3)c2C)nc1. The number of carbonyl (C=O) groups excluding carboxylic acids is 3. The highest BCUT2D eigenvalue weighted by Crippen LogP contribution is 2.22. The normalized spacial score (nSPS) is 10.4. The molecule has 0 aliphatic carbocycles. The average Bonchev–Trinajstić information content (AvgIpc) is 3.05. The van der Waals surface area contributed by atoms with Crippen LogP contribution in [0.1, 0.15) is 32.2 Å². The first-order valence-corrected chi connectivity index (χ1v) is 9.03. The van der Waals surface area contributed by atoms with Crippen LogP contribution in [0.3, 0.4) is 0 Å². The summed E-state index contributed by atoms with van der Waals surface area (Å²) in [5, 5.41) is 7.18. The summed E-state index contributed by atoms with van der Waals surface area (Å²) < 4.78 is 11.3. The van der Waals surface area contributed by atoms with Crippen molar-refractivity contribution in [2.45, 2.75) is 13.8 Å². The number of anilines is 1.